The van der Waals surface area contributed by atoms with Crippen molar-refractivity contribution in [3.05, 3.63) is 61.8 Å². The molecule has 0 spiro atoms. The quantitative estimate of drug-likeness (QED) is 0.830. The van der Waals surface area contributed by atoms with Crippen molar-refractivity contribution in [1.29, 1.82) is 0 Å². The van der Waals surface area contributed by atoms with E-state index in [1.165, 1.54) is 6.07 Å². The summed E-state index contributed by atoms with van der Waals surface area (Å²) in [5.74, 6) is 0.256. The van der Waals surface area contributed by atoms with E-state index < -0.39 is 11.9 Å². The van der Waals surface area contributed by atoms with E-state index in [1.54, 1.807) is 19.2 Å². The number of nitrogens with two attached hydrogens (primary N) is 1. The van der Waals surface area contributed by atoms with Crippen LogP contribution in [-0.4, -0.2) is 7.11 Å². The molecule has 2 rings (SSSR count). The molecule has 0 fully saturated rings. The van der Waals surface area contributed by atoms with Gasteiger partial charge in [0.1, 0.15) is 11.6 Å². The molecule has 112 valence electrons. The van der Waals surface area contributed by atoms with Crippen LogP contribution in [0.1, 0.15) is 28.3 Å². The summed E-state index contributed by atoms with van der Waals surface area (Å²) in [4.78, 5) is 0. The first-order chi connectivity index (χ1) is 9.86. The van der Waals surface area contributed by atoms with Gasteiger partial charge in [-0.2, -0.15) is 0 Å². The molecule has 21 heavy (non-hydrogen) atoms. The average Bonchev–Trinajstić information content (AvgIpc) is 2.41. The smallest absolute Gasteiger partial charge is 0.129 e. The molecule has 2 aromatic rings. The van der Waals surface area contributed by atoms with E-state index in [9.17, 15) is 4.39 Å². The molecule has 2 nitrogen and oxygen atoms in total. The SMILES string of the molecule is COc1c(C)cc(Br)c(C)c1C(N)c1ccc(Cl)cc1F. The Bertz CT molecular complexity index is 690. The Morgan fingerprint density at radius 3 is 2.52 bits per heavy atom. The maximum atomic E-state index is 14.1. The van der Waals surface area contributed by atoms with E-state index >= 15 is 0 Å². The lowest BCUT2D eigenvalue weighted by Crippen LogP contribution is -2.17. The van der Waals surface area contributed by atoms with Gasteiger partial charge in [-0.05, 0) is 43.2 Å². The van der Waals surface area contributed by atoms with Crippen LogP contribution in [0.25, 0.3) is 0 Å². The summed E-state index contributed by atoms with van der Waals surface area (Å²) in [5, 5.41) is 0.345. The number of hydrogen-bond acceptors (Lipinski definition) is 2. The van der Waals surface area contributed by atoms with Crippen LogP contribution in [0.15, 0.2) is 28.7 Å². The fraction of sp³-hybridized carbons (Fsp3) is 0.250. The predicted octanol–water partition coefficient (Wildman–Crippen LogP) is 4.92. The number of rotatable bonds is 3. The highest BCUT2D eigenvalue weighted by atomic mass is 79.9. The van der Waals surface area contributed by atoms with Crippen LogP contribution in [0.4, 0.5) is 4.39 Å². The molecule has 0 saturated carbocycles. The molecule has 0 aliphatic rings. The lowest BCUT2D eigenvalue weighted by molar-refractivity contribution is 0.403. The Morgan fingerprint density at radius 2 is 1.95 bits per heavy atom. The van der Waals surface area contributed by atoms with Crippen molar-refractivity contribution in [3.63, 3.8) is 0 Å². The minimum atomic E-state index is -0.631. The second-order valence-electron chi connectivity index (χ2n) is 4.89. The highest BCUT2D eigenvalue weighted by Gasteiger charge is 2.22. The molecule has 0 radical (unpaired) electrons. The molecule has 0 saturated heterocycles. The summed E-state index contributed by atoms with van der Waals surface area (Å²) in [7, 11) is 1.59. The second kappa shape index (κ2) is 6.34. The Hall–Kier alpha value is -1.10. The first-order valence-electron chi connectivity index (χ1n) is 6.41. The fourth-order valence-corrected chi connectivity index (χ4v) is 3.15. The van der Waals surface area contributed by atoms with E-state index in [2.05, 4.69) is 15.9 Å². The van der Waals surface area contributed by atoms with Gasteiger partial charge in [-0.15, -0.1) is 0 Å². The first kappa shape index (κ1) is 16.3. The van der Waals surface area contributed by atoms with Crippen LogP contribution in [-0.2, 0) is 0 Å². The standard InChI is InChI=1S/C16H16BrClFNO/c1-8-6-12(17)9(2)14(16(8)21-3)15(20)11-5-4-10(18)7-13(11)19/h4-7,15H,20H2,1-3H3. The number of halogens is 3. The molecule has 0 aromatic heterocycles. The van der Waals surface area contributed by atoms with Crippen molar-refractivity contribution in [1.82, 2.24) is 0 Å². The van der Waals surface area contributed by atoms with Crippen LogP contribution in [0.3, 0.4) is 0 Å². The topological polar surface area (TPSA) is 35.2 Å². The van der Waals surface area contributed by atoms with Crippen LogP contribution in [0, 0.1) is 19.7 Å². The van der Waals surface area contributed by atoms with Crippen LogP contribution < -0.4 is 10.5 Å². The Morgan fingerprint density at radius 1 is 1.29 bits per heavy atom. The van der Waals surface area contributed by atoms with Gasteiger partial charge in [-0.25, -0.2) is 4.39 Å². The molecule has 0 amide bonds. The number of hydrogen-bond donors (Lipinski definition) is 1. The van der Waals surface area contributed by atoms with Gasteiger partial charge >= 0.3 is 0 Å². The van der Waals surface area contributed by atoms with Crippen LogP contribution in [0.5, 0.6) is 5.75 Å². The third-order valence-corrected chi connectivity index (χ3v) is 4.58. The van der Waals surface area contributed by atoms with Gasteiger partial charge in [0.2, 0.25) is 0 Å². The van der Waals surface area contributed by atoms with E-state index in [1.807, 2.05) is 19.9 Å². The molecular formula is C16H16BrClFNO. The molecule has 0 heterocycles. The summed E-state index contributed by atoms with van der Waals surface area (Å²) in [6.45, 7) is 3.85. The third-order valence-electron chi connectivity index (χ3n) is 3.52. The predicted molar refractivity (Wildman–Crippen MR) is 87.6 cm³/mol. The molecular weight excluding hydrogens is 357 g/mol. The molecule has 1 unspecified atom stereocenters. The van der Waals surface area contributed by atoms with Gasteiger partial charge in [0, 0.05) is 20.6 Å². The van der Waals surface area contributed by atoms with E-state index in [4.69, 9.17) is 22.1 Å². The Labute approximate surface area is 137 Å². The maximum Gasteiger partial charge on any atom is 0.129 e. The van der Waals surface area contributed by atoms with Crippen molar-refractivity contribution < 1.29 is 9.13 Å². The lowest BCUT2D eigenvalue weighted by Gasteiger charge is -2.22. The minimum Gasteiger partial charge on any atom is -0.496 e. The van der Waals surface area contributed by atoms with E-state index in [-0.39, 0.29) is 0 Å². The molecule has 0 aliphatic carbocycles. The van der Waals surface area contributed by atoms with Gasteiger partial charge in [0.05, 0.1) is 13.2 Å². The molecule has 2 N–H and O–H groups in total. The second-order valence-corrected chi connectivity index (χ2v) is 6.18. The minimum absolute atomic E-state index is 0.345. The molecule has 5 heteroatoms. The fourth-order valence-electron chi connectivity index (χ4n) is 2.43. The number of methoxy groups -OCH3 is 1. The lowest BCUT2D eigenvalue weighted by atomic mass is 9.92. The maximum absolute atomic E-state index is 14.1. The zero-order valence-electron chi connectivity index (χ0n) is 12.0. The van der Waals surface area contributed by atoms with Crippen molar-refractivity contribution in [3.8, 4) is 5.75 Å². The monoisotopic (exact) mass is 371 g/mol. The van der Waals surface area contributed by atoms with Gasteiger partial charge in [0.15, 0.2) is 0 Å². The zero-order chi connectivity index (χ0) is 15.7. The summed E-state index contributed by atoms with van der Waals surface area (Å²) < 4.78 is 20.5. The molecule has 0 aliphatic heterocycles. The van der Waals surface area contributed by atoms with Crippen LogP contribution in [0.2, 0.25) is 5.02 Å². The third kappa shape index (κ3) is 3.07. The number of ether oxygens (including phenoxy) is 1. The Balaban J connectivity index is 2.65. The van der Waals surface area contributed by atoms with Gasteiger partial charge < -0.3 is 10.5 Å². The summed E-state index contributed by atoms with van der Waals surface area (Å²) in [5.41, 5.74) is 9.32. The average molecular weight is 373 g/mol. The summed E-state index contributed by atoms with van der Waals surface area (Å²) >= 11 is 9.30. The molecule has 1 atom stereocenters. The highest BCUT2D eigenvalue weighted by molar-refractivity contribution is 9.10. The zero-order valence-corrected chi connectivity index (χ0v) is 14.3. The first-order valence-corrected chi connectivity index (χ1v) is 7.58. The van der Waals surface area contributed by atoms with Crippen molar-refractivity contribution in [2.45, 2.75) is 19.9 Å². The summed E-state index contributed by atoms with van der Waals surface area (Å²) in [6.07, 6.45) is 0. The van der Waals surface area contributed by atoms with Gasteiger partial charge in [-0.3, -0.25) is 0 Å². The largest absolute Gasteiger partial charge is 0.496 e. The highest BCUT2D eigenvalue weighted by Crippen LogP contribution is 2.38. The molecule has 2 aromatic carbocycles. The van der Waals surface area contributed by atoms with Crippen molar-refractivity contribution in [2.75, 3.05) is 7.11 Å². The van der Waals surface area contributed by atoms with Crippen LogP contribution >= 0.6 is 27.5 Å². The molecule has 0 bridgehead atoms. The van der Waals surface area contributed by atoms with Crippen molar-refractivity contribution in [2.24, 2.45) is 5.73 Å². The Kier molecular flexibility index (Phi) is 4.91. The van der Waals surface area contributed by atoms with E-state index in [0.29, 0.717) is 16.3 Å². The summed E-state index contributed by atoms with van der Waals surface area (Å²) in [6, 6.07) is 5.84. The van der Waals surface area contributed by atoms with Gasteiger partial charge in [-0.1, -0.05) is 33.6 Å². The normalized spacial score (nSPS) is 12.3. The van der Waals surface area contributed by atoms with Gasteiger partial charge in [0.25, 0.3) is 0 Å². The number of aryl methyl sites for hydroxylation is 1. The number of benzene rings is 2. The van der Waals surface area contributed by atoms with E-state index in [0.717, 1.165) is 21.2 Å². The van der Waals surface area contributed by atoms with Crippen molar-refractivity contribution >= 4 is 27.5 Å².